The predicted molar refractivity (Wildman–Crippen MR) is 175 cm³/mol. The molecule has 44 heavy (non-hydrogen) atoms. The number of ether oxygens (including phenoxy) is 2. The third kappa shape index (κ3) is 7.24. The van der Waals surface area contributed by atoms with Crippen LogP contribution in [-0.4, -0.2) is 36.0 Å². The van der Waals surface area contributed by atoms with Crippen molar-refractivity contribution in [3.63, 3.8) is 0 Å². The fourth-order valence-corrected chi connectivity index (χ4v) is 8.34. The molecule has 0 aliphatic heterocycles. The number of carbonyl (C=O) groups is 4. The van der Waals surface area contributed by atoms with Gasteiger partial charge in [0.1, 0.15) is 10.0 Å². The van der Waals surface area contributed by atoms with E-state index >= 15 is 0 Å². The Balaban J connectivity index is 1.39. The van der Waals surface area contributed by atoms with Crippen molar-refractivity contribution >= 4 is 56.4 Å². The molecule has 0 atom stereocenters. The molecule has 234 valence electrons. The Morgan fingerprint density at radius 2 is 1.05 bits per heavy atom. The summed E-state index contributed by atoms with van der Waals surface area (Å²) in [6, 6.07) is 6.45. The molecule has 8 nitrogen and oxygen atoms in total. The zero-order chi connectivity index (χ0) is 31.4. The molecule has 5 rings (SSSR count). The molecule has 0 unspecified atom stereocenters. The third-order valence-corrected chi connectivity index (χ3v) is 10.2. The lowest BCUT2D eigenvalue weighted by Crippen LogP contribution is -2.19. The summed E-state index contributed by atoms with van der Waals surface area (Å²) in [5, 5.41) is 6.85. The molecular formula is C34H40N2O6S2. The van der Waals surface area contributed by atoms with E-state index in [-0.39, 0.29) is 23.3 Å². The van der Waals surface area contributed by atoms with Crippen LogP contribution in [0.1, 0.15) is 129 Å². The summed E-state index contributed by atoms with van der Waals surface area (Å²) in [5.41, 5.74) is 3.41. The highest BCUT2D eigenvalue weighted by molar-refractivity contribution is 7.17. The number of benzene rings is 1. The topological polar surface area (TPSA) is 111 Å². The second kappa shape index (κ2) is 14.1. The lowest BCUT2D eigenvalue weighted by Gasteiger charge is -2.12. The van der Waals surface area contributed by atoms with Gasteiger partial charge in [-0.15, -0.1) is 22.7 Å². The quantitative estimate of drug-likeness (QED) is 0.192. The first-order valence-corrected chi connectivity index (χ1v) is 17.2. The van der Waals surface area contributed by atoms with Crippen LogP contribution in [0, 0.1) is 0 Å². The zero-order valence-corrected chi connectivity index (χ0v) is 27.4. The number of esters is 2. The fourth-order valence-electron chi connectivity index (χ4n) is 5.79. The average molecular weight is 637 g/mol. The van der Waals surface area contributed by atoms with Crippen LogP contribution in [-0.2, 0) is 35.2 Å². The first-order chi connectivity index (χ1) is 21.1. The minimum absolute atomic E-state index is 0.283. The van der Waals surface area contributed by atoms with E-state index in [1.54, 1.807) is 45.9 Å². The Morgan fingerprint density at radius 3 is 1.45 bits per heavy atom. The number of hydrogen-bond acceptors (Lipinski definition) is 8. The lowest BCUT2D eigenvalue weighted by molar-refractivity contribution is 0.0367. The second-order valence-corrected chi connectivity index (χ2v) is 14.1. The van der Waals surface area contributed by atoms with Crippen LogP contribution >= 0.6 is 22.7 Å². The molecule has 2 amide bonds. The van der Waals surface area contributed by atoms with Gasteiger partial charge < -0.3 is 20.1 Å². The summed E-state index contributed by atoms with van der Waals surface area (Å²) in [4.78, 5) is 55.5. The van der Waals surface area contributed by atoms with Crippen molar-refractivity contribution < 1.29 is 28.7 Å². The first-order valence-electron chi connectivity index (χ1n) is 15.6. The maximum Gasteiger partial charge on any atom is 0.341 e. The normalized spacial score (nSPS) is 14.7. The van der Waals surface area contributed by atoms with Gasteiger partial charge >= 0.3 is 11.9 Å². The van der Waals surface area contributed by atoms with Crippen molar-refractivity contribution in [1.82, 2.24) is 0 Å². The Bertz CT molecular complexity index is 1460. The molecule has 0 fully saturated rings. The van der Waals surface area contributed by atoms with Crippen LogP contribution in [0.2, 0.25) is 0 Å². The molecule has 0 radical (unpaired) electrons. The van der Waals surface area contributed by atoms with Gasteiger partial charge in [-0.2, -0.15) is 0 Å². The highest BCUT2D eigenvalue weighted by Crippen LogP contribution is 2.40. The Labute approximate surface area is 266 Å². The molecule has 2 aromatic heterocycles. The van der Waals surface area contributed by atoms with Gasteiger partial charge in [-0.3, -0.25) is 9.59 Å². The largest absolute Gasteiger partial charge is 0.459 e. The number of thiophene rings is 2. The highest BCUT2D eigenvalue weighted by atomic mass is 32.1. The SMILES string of the molecule is CC(C)OC(=O)c1c(NC(=O)c2cccc(C(=O)Nc3sc4c(c3C(=O)OC(C)C)CCCCC4)c2)sc2c1CCCCC2. The molecule has 2 heterocycles. The smallest absolute Gasteiger partial charge is 0.341 e. The maximum absolute atomic E-state index is 13.5. The molecular weight excluding hydrogens is 597 g/mol. The summed E-state index contributed by atoms with van der Waals surface area (Å²) in [5.74, 6) is -1.69. The van der Waals surface area contributed by atoms with Crippen LogP contribution in [0.3, 0.4) is 0 Å². The third-order valence-electron chi connectivity index (χ3n) is 7.78. The van der Waals surface area contributed by atoms with Gasteiger partial charge in [-0.25, -0.2) is 9.59 Å². The van der Waals surface area contributed by atoms with E-state index in [1.807, 2.05) is 0 Å². The molecule has 2 N–H and O–H groups in total. The standard InChI is InChI=1S/C34H40N2O6S2/c1-19(2)41-33(39)27-23-14-7-5-9-16-25(23)43-31(27)35-29(37)21-12-11-13-22(18-21)30(38)36-32-28(34(40)42-20(3)4)24-15-8-6-10-17-26(24)44-32/h11-13,18-20H,5-10,14-17H2,1-4H3,(H,35,37)(H,36,38). The van der Waals surface area contributed by atoms with E-state index < -0.39 is 23.8 Å². The van der Waals surface area contributed by atoms with Crippen molar-refractivity contribution in [2.24, 2.45) is 0 Å². The van der Waals surface area contributed by atoms with E-state index in [1.165, 1.54) is 28.7 Å². The van der Waals surface area contributed by atoms with Gasteiger partial charge in [0.05, 0.1) is 23.3 Å². The summed E-state index contributed by atoms with van der Waals surface area (Å²) < 4.78 is 11.1. The van der Waals surface area contributed by atoms with Gasteiger partial charge in [-0.05, 0) is 108 Å². The van der Waals surface area contributed by atoms with Crippen LogP contribution in [0.15, 0.2) is 24.3 Å². The van der Waals surface area contributed by atoms with E-state index in [0.29, 0.717) is 21.1 Å². The molecule has 0 saturated carbocycles. The number of aryl methyl sites for hydroxylation is 2. The van der Waals surface area contributed by atoms with Gasteiger partial charge in [-0.1, -0.05) is 18.9 Å². The maximum atomic E-state index is 13.5. The summed E-state index contributed by atoms with van der Waals surface area (Å²) >= 11 is 2.87. The Morgan fingerprint density at radius 1 is 0.636 bits per heavy atom. The van der Waals surface area contributed by atoms with Gasteiger partial charge in [0, 0.05) is 20.9 Å². The summed E-state index contributed by atoms with van der Waals surface area (Å²) in [6.45, 7) is 7.23. The number of anilines is 2. The molecule has 0 saturated heterocycles. The van der Waals surface area contributed by atoms with Crippen molar-refractivity contribution in [3.05, 3.63) is 67.4 Å². The molecule has 0 spiro atoms. The number of carbonyl (C=O) groups excluding carboxylic acids is 4. The predicted octanol–water partition coefficient (Wildman–Crippen LogP) is 7.98. The Hall–Kier alpha value is -3.50. The summed E-state index contributed by atoms with van der Waals surface area (Å²) in [7, 11) is 0. The number of fused-ring (bicyclic) bond motifs is 2. The Kier molecular flexibility index (Phi) is 10.2. The number of amides is 2. The number of hydrogen-bond donors (Lipinski definition) is 2. The fraction of sp³-hybridized carbons (Fsp3) is 0.471. The molecule has 3 aromatic rings. The monoisotopic (exact) mass is 636 g/mol. The van der Waals surface area contributed by atoms with Gasteiger partial charge in [0.25, 0.3) is 11.8 Å². The van der Waals surface area contributed by atoms with Crippen LogP contribution < -0.4 is 10.6 Å². The minimum atomic E-state index is -0.427. The molecule has 1 aromatic carbocycles. The van der Waals surface area contributed by atoms with Gasteiger partial charge in [0.15, 0.2) is 0 Å². The van der Waals surface area contributed by atoms with Crippen LogP contribution in [0.4, 0.5) is 10.0 Å². The summed E-state index contributed by atoms with van der Waals surface area (Å²) in [6.07, 6.45) is 8.98. The van der Waals surface area contributed by atoms with Crippen molar-refractivity contribution in [2.75, 3.05) is 10.6 Å². The molecule has 10 heteroatoms. The van der Waals surface area contributed by atoms with Crippen LogP contribution in [0.5, 0.6) is 0 Å². The van der Waals surface area contributed by atoms with Crippen molar-refractivity contribution in [3.8, 4) is 0 Å². The van der Waals surface area contributed by atoms with E-state index in [0.717, 1.165) is 85.1 Å². The minimum Gasteiger partial charge on any atom is -0.459 e. The van der Waals surface area contributed by atoms with Crippen molar-refractivity contribution in [1.29, 1.82) is 0 Å². The average Bonchev–Trinajstić information content (AvgIpc) is 3.25. The zero-order valence-electron chi connectivity index (χ0n) is 25.8. The molecule has 2 aliphatic rings. The highest BCUT2D eigenvalue weighted by Gasteiger charge is 2.29. The van der Waals surface area contributed by atoms with E-state index in [2.05, 4.69) is 10.6 Å². The van der Waals surface area contributed by atoms with Gasteiger partial charge in [0.2, 0.25) is 0 Å². The van der Waals surface area contributed by atoms with E-state index in [4.69, 9.17) is 9.47 Å². The first kappa shape index (κ1) is 31.9. The lowest BCUT2D eigenvalue weighted by atomic mass is 10.0. The number of nitrogens with one attached hydrogen (secondary N) is 2. The molecule has 2 aliphatic carbocycles. The van der Waals surface area contributed by atoms with Crippen LogP contribution in [0.25, 0.3) is 0 Å². The van der Waals surface area contributed by atoms with E-state index in [9.17, 15) is 19.2 Å². The van der Waals surface area contributed by atoms with Crippen molar-refractivity contribution in [2.45, 2.75) is 104 Å². The molecule has 0 bridgehead atoms. The number of rotatable bonds is 8. The second-order valence-electron chi connectivity index (χ2n) is 11.9.